The molecule has 8 heteroatoms. The number of ether oxygens (including phenoxy) is 1. The lowest BCUT2D eigenvalue weighted by atomic mass is 10.1. The van der Waals surface area contributed by atoms with Crippen LogP contribution in [0.4, 0.5) is 5.69 Å². The largest absolute Gasteiger partial charge is 0.454 e. The van der Waals surface area contributed by atoms with E-state index in [-0.39, 0.29) is 22.3 Å². The molecular weight excluding hydrogens is 452 g/mol. The number of benzene rings is 3. The van der Waals surface area contributed by atoms with Crippen molar-refractivity contribution in [2.75, 3.05) is 10.9 Å². The first-order valence-corrected chi connectivity index (χ1v) is 12.3. The summed E-state index contributed by atoms with van der Waals surface area (Å²) >= 11 is 0. The second-order valence-corrected chi connectivity index (χ2v) is 10.1. The molecule has 0 radical (unpaired) electrons. The van der Waals surface area contributed by atoms with Gasteiger partial charge in [0.15, 0.2) is 6.61 Å². The number of ketones is 1. The van der Waals surface area contributed by atoms with E-state index in [0.29, 0.717) is 17.7 Å². The molecule has 1 aliphatic heterocycles. The minimum atomic E-state index is -3.89. The van der Waals surface area contributed by atoms with E-state index >= 15 is 0 Å². The number of carbonyl (C=O) groups is 2. The van der Waals surface area contributed by atoms with Crippen molar-refractivity contribution in [3.63, 3.8) is 0 Å². The van der Waals surface area contributed by atoms with Crippen LogP contribution < -0.4 is 4.31 Å². The third kappa shape index (κ3) is 3.76. The van der Waals surface area contributed by atoms with Gasteiger partial charge in [0.1, 0.15) is 0 Å². The molecule has 172 valence electrons. The second kappa shape index (κ2) is 8.46. The first kappa shape index (κ1) is 21.9. The van der Waals surface area contributed by atoms with Crippen molar-refractivity contribution in [1.29, 1.82) is 0 Å². The number of hydrogen-bond donors (Lipinski definition) is 1. The van der Waals surface area contributed by atoms with Crippen molar-refractivity contribution in [3.8, 4) is 0 Å². The second-order valence-electron chi connectivity index (χ2n) is 8.26. The van der Waals surface area contributed by atoms with E-state index in [1.807, 2.05) is 43.3 Å². The van der Waals surface area contributed by atoms with Crippen LogP contribution in [0.1, 0.15) is 33.2 Å². The van der Waals surface area contributed by atoms with Gasteiger partial charge in [0, 0.05) is 28.7 Å². The average Bonchev–Trinajstić information content (AvgIpc) is 3.43. The Bertz CT molecular complexity index is 1520. The predicted molar refractivity (Wildman–Crippen MR) is 129 cm³/mol. The van der Waals surface area contributed by atoms with E-state index in [2.05, 4.69) is 4.98 Å². The van der Waals surface area contributed by atoms with Crippen molar-refractivity contribution in [2.24, 2.45) is 0 Å². The van der Waals surface area contributed by atoms with Gasteiger partial charge in [-0.25, -0.2) is 13.2 Å². The topological polar surface area (TPSA) is 96.5 Å². The van der Waals surface area contributed by atoms with Crippen molar-refractivity contribution in [2.45, 2.75) is 24.3 Å². The van der Waals surface area contributed by atoms with E-state index < -0.39 is 22.6 Å². The highest BCUT2D eigenvalue weighted by atomic mass is 32.2. The van der Waals surface area contributed by atoms with E-state index in [0.717, 1.165) is 16.5 Å². The molecule has 3 aromatic carbocycles. The Morgan fingerprint density at radius 1 is 1.03 bits per heavy atom. The average molecular weight is 475 g/mol. The van der Waals surface area contributed by atoms with Crippen LogP contribution in [0.2, 0.25) is 0 Å². The lowest BCUT2D eigenvalue weighted by Gasteiger charge is -2.24. The molecule has 0 saturated carbocycles. The van der Waals surface area contributed by atoms with E-state index in [4.69, 9.17) is 4.74 Å². The molecule has 2 heterocycles. The standard InChI is InChI=1S/C26H22N2O5S/c1-17-13-18-7-2-5-12-24(18)28(17)34(31,32)20-9-6-8-19(14-20)26(30)33-16-25(29)22-15-27-23-11-4-3-10-21(22)23/h2-12,14-15,17,27H,13,16H2,1H3/t17-/m0/s1. The molecule has 0 spiro atoms. The Labute approximate surface area is 197 Å². The summed E-state index contributed by atoms with van der Waals surface area (Å²) in [7, 11) is -3.89. The number of nitrogens with one attached hydrogen (secondary N) is 1. The molecule has 1 atom stereocenters. The van der Waals surface area contributed by atoms with Crippen LogP contribution in [0, 0.1) is 0 Å². The Morgan fingerprint density at radius 2 is 1.79 bits per heavy atom. The first-order chi connectivity index (χ1) is 16.4. The summed E-state index contributed by atoms with van der Waals surface area (Å²) in [5.74, 6) is -1.11. The van der Waals surface area contributed by atoms with Crippen LogP contribution in [-0.2, 0) is 21.2 Å². The summed E-state index contributed by atoms with van der Waals surface area (Å²) in [6.45, 7) is 1.40. The molecule has 0 fully saturated rings. The molecule has 0 aliphatic carbocycles. The van der Waals surface area contributed by atoms with Crippen LogP contribution in [-0.4, -0.2) is 37.8 Å². The Kier molecular flexibility index (Phi) is 5.45. The summed E-state index contributed by atoms with van der Waals surface area (Å²) in [5.41, 5.74) is 2.92. The molecule has 5 rings (SSSR count). The molecule has 7 nitrogen and oxygen atoms in total. The zero-order chi connectivity index (χ0) is 23.9. The van der Waals surface area contributed by atoms with E-state index in [9.17, 15) is 18.0 Å². The highest BCUT2D eigenvalue weighted by Crippen LogP contribution is 2.36. The summed E-state index contributed by atoms with van der Waals surface area (Å²) in [5, 5.41) is 0.747. The molecule has 0 amide bonds. The number of carbonyl (C=O) groups excluding carboxylic acids is 2. The maximum absolute atomic E-state index is 13.4. The predicted octanol–water partition coefficient (Wildman–Crippen LogP) is 4.35. The molecule has 34 heavy (non-hydrogen) atoms. The summed E-state index contributed by atoms with van der Waals surface area (Å²) in [6, 6.07) is 20.2. The molecule has 0 saturated heterocycles. The number of anilines is 1. The zero-order valence-corrected chi connectivity index (χ0v) is 19.2. The van der Waals surface area contributed by atoms with Crippen molar-refractivity contribution in [3.05, 3.63) is 95.7 Å². The van der Waals surface area contributed by atoms with Gasteiger partial charge in [-0.2, -0.15) is 0 Å². The van der Waals surface area contributed by atoms with Crippen molar-refractivity contribution >= 4 is 38.4 Å². The molecule has 1 aliphatic rings. The fourth-order valence-electron chi connectivity index (χ4n) is 4.39. The Balaban J connectivity index is 1.35. The zero-order valence-electron chi connectivity index (χ0n) is 18.4. The van der Waals surface area contributed by atoms with E-state index in [1.54, 1.807) is 18.3 Å². The number of aromatic amines is 1. The third-order valence-electron chi connectivity index (χ3n) is 6.00. The quantitative estimate of drug-likeness (QED) is 0.331. The van der Waals surface area contributed by atoms with Gasteiger partial charge in [0.2, 0.25) is 5.78 Å². The number of aromatic nitrogens is 1. The summed E-state index contributed by atoms with van der Waals surface area (Å²) in [6.07, 6.45) is 2.20. The number of Topliss-reactive ketones (excluding diaryl/α,β-unsaturated/α-hetero) is 1. The number of rotatable bonds is 6. The van der Waals surface area contributed by atoms with Crippen molar-refractivity contribution < 1.29 is 22.7 Å². The molecule has 1 N–H and O–H groups in total. The number of esters is 1. The van der Waals surface area contributed by atoms with E-state index in [1.165, 1.54) is 28.6 Å². The minimum absolute atomic E-state index is 0.00606. The number of nitrogens with zero attached hydrogens (tertiary/aromatic N) is 1. The SMILES string of the molecule is C[C@H]1Cc2ccccc2N1S(=O)(=O)c1cccc(C(=O)OCC(=O)c2c[nH]c3ccccc23)c1. The maximum atomic E-state index is 13.4. The fraction of sp³-hybridized carbons (Fsp3) is 0.154. The minimum Gasteiger partial charge on any atom is -0.454 e. The molecule has 1 aromatic heterocycles. The van der Waals surface area contributed by atoms with Gasteiger partial charge in [-0.3, -0.25) is 9.10 Å². The van der Waals surface area contributed by atoms with Crippen LogP contribution >= 0.6 is 0 Å². The highest BCUT2D eigenvalue weighted by molar-refractivity contribution is 7.92. The normalized spacial score (nSPS) is 15.3. The number of sulfonamides is 1. The Morgan fingerprint density at radius 3 is 2.65 bits per heavy atom. The van der Waals surface area contributed by atoms with Gasteiger partial charge in [-0.15, -0.1) is 0 Å². The number of H-pyrrole nitrogens is 1. The molecule has 4 aromatic rings. The van der Waals surface area contributed by atoms with Crippen LogP contribution in [0.3, 0.4) is 0 Å². The van der Waals surface area contributed by atoms with Crippen molar-refractivity contribution in [1.82, 2.24) is 4.98 Å². The number of fused-ring (bicyclic) bond motifs is 2. The fourth-order valence-corrected chi connectivity index (χ4v) is 6.13. The smallest absolute Gasteiger partial charge is 0.338 e. The van der Waals surface area contributed by atoms with Gasteiger partial charge in [0.25, 0.3) is 10.0 Å². The third-order valence-corrected chi connectivity index (χ3v) is 7.92. The van der Waals surface area contributed by atoms with Crippen LogP contribution in [0.5, 0.6) is 0 Å². The van der Waals surface area contributed by atoms with Gasteiger partial charge >= 0.3 is 5.97 Å². The van der Waals surface area contributed by atoms with Gasteiger partial charge < -0.3 is 9.72 Å². The summed E-state index contributed by atoms with van der Waals surface area (Å²) in [4.78, 5) is 28.3. The van der Waals surface area contributed by atoms with Crippen LogP contribution in [0.25, 0.3) is 10.9 Å². The number of hydrogen-bond acceptors (Lipinski definition) is 5. The van der Waals surface area contributed by atoms with Gasteiger partial charge in [0.05, 0.1) is 16.1 Å². The molecule has 0 bridgehead atoms. The lowest BCUT2D eigenvalue weighted by Crippen LogP contribution is -2.35. The summed E-state index contributed by atoms with van der Waals surface area (Å²) < 4.78 is 33.5. The molecule has 0 unspecified atom stereocenters. The number of para-hydroxylation sites is 2. The first-order valence-electron chi connectivity index (χ1n) is 10.8. The highest BCUT2D eigenvalue weighted by Gasteiger charge is 2.36. The van der Waals surface area contributed by atoms with Gasteiger partial charge in [-0.1, -0.05) is 42.5 Å². The van der Waals surface area contributed by atoms with Gasteiger partial charge in [-0.05, 0) is 49.2 Å². The Hall–Kier alpha value is -3.91. The lowest BCUT2D eigenvalue weighted by molar-refractivity contribution is 0.0475. The molecular formula is C26H22N2O5S. The van der Waals surface area contributed by atoms with Crippen LogP contribution in [0.15, 0.2) is 83.9 Å². The monoisotopic (exact) mass is 474 g/mol. The maximum Gasteiger partial charge on any atom is 0.338 e.